The second-order valence-corrected chi connectivity index (χ2v) is 4.86. The average Bonchev–Trinajstić information content (AvgIpc) is 2.49. The molecule has 0 bridgehead atoms. The molecule has 0 aliphatic heterocycles. The Morgan fingerprint density at radius 3 is 2.45 bits per heavy atom. The first kappa shape index (κ1) is 15.7. The van der Waals surface area contributed by atoms with Crippen LogP contribution in [0, 0.1) is 0 Å². The number of carbonyl (C=O) groups is 2. The molecule has 1 aromatic heterocycles. The normalized spacial score (nSPS) is 10.9. The van der Waals surface area contributed by atoms with Crippen LogP contribution in [0.5, 0.6) is 0 Å². The lowest BCUT2D eigenvalue weighted by Crippen LogP contribution is -2.28. The van der Waals surface area contributed by atoms with Gasteiger partial charge >= 0.3 is 0 Å². The summed E-state index contributed by atoms with van der Waals surface area (Å²) in [6.07, 6.45) is 3.04. The lowest BCUT2D eigenvalue weighted by atomic mass is 10.2. The number of hydrogen-bond acceptors (Lipinski definition) is 3. The van der Waals surface area contributed by atoms with Gasteiger partial charge in [-0.2, -0.15) is 0 Å². The van der Waals surface area contributed by atoms with Crippen molar-refractivity contribution in [1.29, 1.82) is 0 Å². The van der Waals surface area contributed by atoms with E-state index in [0.717, 1.165) is 5.56 Å². The van der Waals surface area contributed by atoms with Crippen LogP contribution in [0.4, 0.5) is 5.69 Å². The van der Waals surface area contributed by atoms with Crippen LogP contribution in [0.3, 0.4) is 0 Å². The molecule has 0 saturated carbocycles. The third-order valence-electron chi connectivity index (χ3n) is 2.65. The fourth-order valence-electron chi connectivity index (χ4n) is 1.71. The van der Waals surface area contributed by atoms with E-state index in [1.807, 2.05) is 30.3 Å². The summed E-state index contributed by atoms with van der Waals surface area (Å²) in [6, 6.07) is 12.4. The molecule has 2 amide bonds. The smallest absolute Gasteiger partial charge is 0.272 e. The average molecular weight is 316 g/mol. The molecule has 0 fully saturated rings. The maximum absolute atomic E-state index is 12.3. The molecular formula is C16H14ClN3O2. The van der Waals surface area contributed by atoms with Gasteiger partial charge in [-0.3, -0.25) is 9.59 Å². The van der Waals surface area contributed by atoms with Crippen molar-refractivity contribution in [2.45, 2.75) is 6.92 Å². The van der Waals surface area contributed by atoms with Crippen LogP contribution in [-0.4, -0.2) is 16.8 Å². The fourth-order valence-corrected chi connectivity index (χ4v) is 1.82. The molecule has 0 unspecified atom stereocenters. The lowest BCUT2D eigenvalue weighted by molar-refractivity contribution is -0.120. The third kappa shape index (κ3) is 4.71. The molecule has 112 valence electrons. The Hall–Kier alpha value is -2.66. The van der Waals surface area contributed by atoms with Crippen LogP contribution >= 0.6 is 11.6 Å². The summed E-state index contributed by atoms with van der Waals surface area (Å²) < 4.78 is 0. The Labute approximate surface area is 133 Å². The van der Waals surface area contributed by atoms with E-state index in [2.05, 4.69) is 15.6 Å². The van der Waals surface area contributed by atoms with E-state index in [4.69, 9.17) is 11.6 Å². The van der Waals surface area contributed by atoms with Crippen molar-refractivity contribution in [1.82, 2.24) is 10.3 Å². The van der Waals surface area contributed by atoms with Crippen molar-refractivity contribution in [2.75, 3.05) is 5.32 Å². The van der Waals surface area contributed by atoms with Crippen molar-refractivity contribution in [3.8, 4) is 0 Å². The molecule has 2 rings (SSSR count). The van der Waals surface area contributed by atoms with E-state index in [0.29, 0.717) is 10.8 Å². The number of carbonyl (C=O) groups excluding carboxylic acids is 2. The molecule has 0 radical (unpaired) electrons. The zero-order valence-electron chi connectivity index (χ0n) is 11.8. The summed E-state index contributed by atoms with van der Waals surface area (Å²) in [5, 5.41) is 5.51. The Morgan fingerprint density at radius 2 is 1.86 bits per heavy atom. The number of nitrogens with zero attached hydrogens (tertiary/aromatic N) is 1. The summed E-state index contributed by atoms with van der Waals surface area (Å²) in [5.74, 6) is -0.769. The van der Waals surface area contributed by atoms with Crippen LogP contribution in [0.1, 0.15) is 12.5 Å². The number of hydrogen-bond donors (Lipinski definition) is 2. The van der Waals surface area contributed by atoms with Crippen molar-refractivity contribution >= 4 is 35.2 Å². The minimum absolute atomic E-state index is 0.147. The standard InChI is InChI=1S/C16H14ClN3O2/c1-11(21)19-14(9-12-5-3-2-4-6-12)16(22)20-13-7-8-15(17)18-10-13/h2-10H,1H3,(H,19,21)(H,20,22). The summed E-state index contributed by atoms with van der Waals surface area (Å²) in [6.45, 7) is 1.34. The van der Waals surface area contributed by atoms with E-state index >= 15 is 0 Å². The van der Waals surface area contributed by atoms with Gasteiger partial charge in [0, 0.05) is 6.92 Å². The van der Waals surface area contributed by atoms with Gasteiger partial charge in [0.05, 0.1) is 11.9 Å². The highest BCUT2D eigenvalue weighted by Gasteiger charge is 2.11. The van der Waals surface area contributed by atoms with E-state index in [-0.39, 0.29) is 11.6 Å². The highest BCUT2D eigenvalue weighted by molar-refractivity contribution is 6.29. The van der Waals surface area contributed by atoms with Gasteiger partial charge in [-0.05, 0) is 23.8 Å². The van der Waals surface area contributed by atoms with Gasteiger partial charge in [0.2, 0.25) is 5.91 Å². The fraction of sp³-hybridized carbons (Fsp3) is 0.0625. The van der Waals surface area contributed by atoms with E-state index in [9.17, 15) is 9.59 Å². The first-order chi connectivity index (χ1) is 10.5. The summed E-state index contributed by atoms with van der Waals surface area (Å²) in [4.78, 5) is 27.4. The molecule has 0 aliphatic rings. The third-order valence-corrected chi connectivity index (χ3v) is 2.87. The minimum Gasteiger partial charge on any atom is -0.322 e. The topological polar surface area (TPSA) is 71.1 Å². The molecule has 6 heteroatoms. The highest BCUT2D eigenvalue weighted by Crippen LogP contribution is 2.12. The predicted octanol–water partition coefficient (Wildman–Crippen LogP) is 2.85. The molecular weight excluding hydrogens is 302 g/mol. The Kier molecular flexibility index (Phi) is 5.27. The molecule has 22 heavy (non-hydrogen) atoms. The SMILES string of the molecule is CC(=O)NC(=Cc1ccccc1)C(=O)Nc1ccc(Cl)nc1. The van der Waals surface area contributed by atoms with Crippen molar-refractivity contribution in [3.05, 3.63) is 65.1 Å². The van der Waals surface area contributed by atoms with Crippen molar-refractivity contribution in [3.63, 3.8) is 0 Å². The monoisotopic (exact) mass is 315 g/mol. The van der Waals surface area contributed by atoms with Gasteiger partial charge in [-0.1, -0.05) is 41.9 Å². The Bertz CT molecular complexity index is 697. The number of rotatable bonds is 4. The van der Waals surface area contributed by atoms with Gasteiger partial charge in [0.15, 0.2) is 0 Å². The lowest BCUT2D eigenvalue weighted by Gasteiger charge is -2.09. The van der Waals surface area contributed by atoms with Crippen molar-refractivity contribution < 1.29 is 9.59 Å². The molecule has 0 aliphatic carbocycles. The second-order valence-electron chi connectivity index (χ2n) is 4.47. The largest absolute Gasteiger partial charge is 0.322 e. The number of nitrogens with one attached hydrogen (secondary N) is 2. The molecule has 0 spiro atoms. The number of pyridine rings is 1. The van der Waals surface area contributed by atoms with Gasteiger partial charge < -0.3 is 10.6 Å². The highest BCUT2D eigenvalue weighted by atomic mass is 35.5. The molecule has 0 saturated heterocycles. The number of halogens is 1. The van der Waals surface area contributed by atoms with E-state index in [1.54, 1.807) is 18.2 Å². The van der Waals surface area contributed by atoms with Crippen LogP contribution in [-0.2, 0) is 9.59 Å². The summed E-state index contributed by atoms with van der Waals surface area (Å²) >= 11 is 5.69. The van der Waals surface area contributed by atoms with Gasteiger partial charge in [-0.15, -0.1) is 0 Å². The maximum atomic E-state index is 12.3. The maximum Gasteiger partial charge on any atom is 0.272 e. The van der Waals surface area contributed by atoms with Crippen molar-refractivity contribution in [2.24, 2.45) is 0 Å². The molecule has 0 atom stereocenters. The van der Waals surface area contributed by atoms with Crippen LogP contribution < -0.4 is 10.6 Å². The molecule has 2 N–H and O–H groups in total. The quantitative estimate of drug-likeness (QED) is 0.673. The minimum atomic E-state index is -0.442. The zero-order valence-corrected chi connectivity index (χ0v) is 12.6. The number of aromatic nitrogens is 1. The number of anilines is 1. The molecule has 2 aromatic rings. The van der Waals surface area contributed by atoms with Gasteiger partial charge in [0.25, 0.3) is 5.91 Å². The summed E-state index contributed by atoms with van der Waals surface area (Å²) in [5.41, 5.74) is 1.43. The second kappa shape index (κ2) is 7.38. The first-order valence-corrected chi connectivity index (χ1v) is 6.89. The Balaban J connectivity index is 2.21. The molecule has 5 nitrogen and oxygen atoms in total. The Morgan fingerprint density at radius 1 is 1.14 bits per heavy atom. The van der Waals surface area contributed by atoms with Crippen LogP contribution in [0.2, 0.25) is 5.15 Å². The van der Waals surface area contributed by atoms with Crippen LogP contribution in [0.15, 0.2) is 54.4 Å². The van der Waals surface area contributed by atoms with E-state index < -0.39 is 5.91 Å². The molecule has 1 heterocycles. The van der Waals surface area contributed by atoms with E-state index in [1.165, 1.54) is 13.1 Å². The van der Waals surface area contributed by atoms with Gasteiger partial charge in [-0.25, -0.2) is 4.98 Å². The zero-order chi connectivity index (χ0) is 15.9. The summed E-state index contributed by atoms with van der Waals surface area (Å²) in [7, 11) is 0. The number of benzene rings is 1. The number of amides is 2. The van der Waals surface area contributed by atoms with Crippen LogP contribution in [0.25, 0.3) is 6.08 Å². The van der Waals surface area contributed by atoms with Gasteiger partial charge in [0.1, 0.15) is 10.9 Å². The molecule has 1 aromatic carbocycles. The first-order valence-electron chi connectivity index (χ1n) is 6.52. The predicted molar refractivity (Wildman–Crippen MR) is 86.1 cm³/mol.